The van der Waals surface area contributed by atoms with Crippen LogP contribution in [0.4, 0.5) is 5.69 Å². The average Bonchev–Trinajstić information content (AvgIpc) is 3.31. The van der Waals surface area contributed by atoms with Gasteiger partial charge in [0.2, 0.25) is 5.91 Å². The largest absolute Gasteiger partial charge is 0.374 e. The summed E-state index contributed by atoms with van der Waals surface area (Å²) in [5.41, 5.74) is 4.68. The van der Waals surface area contributed by atoms with E-state index in [0.29, 0.717) is 23.8 Å². The van der Waals surface area contributed by atoms with Crippen LogP contribution in [0, 0.1) is 6.92 Å². The number of rotatable bonds is 5. The van der Waals surface area contributed by atoms with Gasteiger partial charge in [0.1, 0.15) is 5.69 Å². The van der Waals surface area contributed by atoms with Gasteiger partial charge in [-0.2, -0.15) is 0 Å². The van der Waals surface area contributed by atoms with Crippen LogP contribution in [0.25, 0.3) is 5.57 Å². The first kappa shape index (κ1) is 22.6. The molecule has 0 aliphatic carbocycles. The molecular formula is C25H31ClN4O2. The quantitative estimate of drug-likeness (QED) is 0.719. The average molecular weight is 455 g/mol. The summed E-state index contributed by atoms with van der Waals surface area (Å²) in [5.74, 6) is 0.199. The van der Waals surface area contributed by atoms with Crippen molar-refractivity contribution in [2.45, 2.75) is 45.2 Å². The molecule has 1 saturated heterocycles. The van der Waals surface area contributed by atoms with E-state index in [0.717, 1.165) is 48.1 Å². The van der Waals surface area contributed by atoms with Crippen LogP contribution < -0.4 is 16.2 Å². The minimum Gasteiger partial charge on any atom is -0.374 e. The second-order valence-electron chi connectivity index (χ2n) is 8.86. The Kier molecular flexibility index (Phi) is 6.72. The van der Waals surface area contributed by atoms with E-state index in [1.807, 2.05) is 49.2 Å². The zero-order valence-electron chi connectivity index (χ0n) is 19.0. The Labute approximate surface area is 194 Å². The van der Waals surface area contributed by atoms with Crippen LogP contribution in [0.15, 0.2) is 41.3 Å². The number of aromatic nitrogens is 1. The maximum absolute atomic E-state index is 12.8. The van der Waals surface area contributed by atoms with Crippen molar-refractivity contribution in [1.29, 1.82) is 0 Å². The Hall–Kier alpha value is -2.57. The maximum Gasteiger partial charge on any atom is 0.273 e. The van der Waals surface area contributed by atoms with Gasteiger partial charge in [0.05, 0.1) is 12.1 Å². The molecule has 3 heterocycles. The molecule has 0 spiro atoms. The molecule has 0 radical (unpaired) electrons. The third kappa shape index (κ3) is 4.76. The number of carbonyl (C=O) groups excluding carboxylic acids is 1. The third-order valence-electron chi connectivity index (χ3n) is 6.43. The predicted octanol–water partition coefficient (Wildman–Crippen LogP) is 3.89. The van der Waals surface area contributed by atoms with Crippen molar-refractivity contribution in [3.63, 3.8) is 0 Å². The van der Waals surface area contributed by atoms with Crippen molar-refractivity contribution < 1.29 is 4.79 Å². The third-order valence-corrected chi connectivity index (χ3v) is 6.76. The minimum atomic E-state index is -0.113. The summed E-state index contributed by atoms with van der Waals surface area (Å²) in [5, 5.41) is 7.33. The molecule has 2 aliphatic heterocycles. The molecule has 170 valence electrons. The Morgan fingerprint density at radius 2 is 2.12 bits per heavy atom. The summed E-state index contributed by atoms with van der Waals surface area (Å²) < 4.78 is 1.61. The zero-order chi connectivity index (χ0) is 22.8. The smallest absolute Gasteiger partial charge is 0.273 e. The molecule has 6 nitrogen and oxygen atoms in total. The molecule has 2 aliphatic rings. The number of pyridine rings is 1. The number of halogens is 1. The second-order valence-corrected chi connectivity index (χ2v) is 9.27. The van der Waals surface area contributed by atoms with E-state index in [4.69, 9.17) is 11.6 Å². The van der Waals surface area contributed by atoms with Gasteiger partial charge in [0.25, 0.3) is 5.56 Å². The molecule has 32 heavy (non-hydrogen) atoms. The fraction of sp³-hybridized carbons (Fsp3) is 0.440. The Morgan fingerprint density at radius 1 is 1.31 bits per heavy atom. The molecule has 2 atom stereocenters. The van der Waals surface area contributed by atoms with E-state index < -0.39 is 0 Å². The van der Waals surface area contributed by atoms with Gasteiger partial charge in [-0.1, -0.05) is 29.8 Å². The Bertz CT molecular complexity index is 1100. The first-order chi connectivity index (χ1) is 15.3. The van der Waals surface area contributed by atoms with Gasteiger partial charge in [-0.05, 0) is 74.1 Å². The molecule has 1 aromatic carbocycles. The molecule has 2 N–H and O–H groups in total. The number of aryl methyl sites for hydroxylation is 2. The van der Waals surface area contributed by atoms with E-state index in [1.165, 1.54) is 0 Å². The number of hydrogen-bond acceptors (Lipinski definition) is 4. The highest BCUT2D eigenvalue weighted by Gasteiger charge is 2.28. The highest BCUT2D eigenvalue weighted by atomic mass is 35.5. The normalized spacial score (nSPS) is 19.6. The molecule has 0 saturated carbocycles. The molecular weight excluding hydrogens is 424 g/mol. The molecule has 0 unspecified atom stereocenters. The first-order valence-corrected chi connectivity index (χ1v) is 11.7. The first-order valence-electron chi connectivity index (χ1n) is 11.3. The minimum absolute atomic E-state index is 0.0339. The molecule has 2 aromatic rings. The molecule has 1 aromatic heterocycles. The van der Waals surface area contributed by atoms with Gasteiger partial charge in [-0.3, -0.25) is 9.59 Å². The van der Waals surface area contributed by atoms with Gasteiger partial charge in [-0.15, -0.1) is 0 Å². The summed E-state index contributed by atoms with van der Waals surface area (Å²) in [7, 11) is 1.77. The lowest BCUT2D eigenvalue weighted by Gasteiger charge is -2.29. The van der Waals surface area contributed by atoms with Crippen molar-refractivity contribution >= 4 is 28.8 Å². The number of hydrogen-bond donors (Lipinski definition) is 2. The van der Waals surface area contributed by atoms with Crippen LogP contribution in [0.3, 0.4) is 0 Å². The van der Waals surface area contributed by atoms with E-state index in [1.54, 1.807) is 11.6 Å². The van der Waals surface area contributed by atoms with E-state index in [9.17, 15) is 9.59 Å². The number of benzene rings is 1. The van der Waals surface area contributed by atoms with Crippen molar-refractivity contribution in [3.8, 4) is 0 Å². The Morgan fingerprint density at radius 3 is 2.78 bits per heavy atom. The summed E-state index contributed by atoms with van der Waals surface area (Å²) in [6.07, 6.45) is 6.74. The molecule has 4 rings (SSSR count). The highest BCUT2D eigenvalue weighted by Crippen LogP contribution is 2.28. The lowest BCUT2D eigenvalue weighted by atomic mass is 9.99. The van der Waals surface area contributed by atoms with Crippen molar-refractivity contribution in [2.24, 2.45) is 7.05 Å². The van der Waals surface area contributed by atoms with Crippen LogP contribution in [-0.2, 0) is 11.8 Å². The van der Waals surface area contributed by atoms with Crippen LogP contribution >= 0.6 is 11.6 Å². The number of amides is 1. The van der Waals surface area contributed by atoms with Crippen molar-refractivity contribution in [2.75, 3.05) is 25.0 Å². The maximum atomic E-state index is 12.8. The van der Waals surface area contributed by atoms with Gasteiger partial charge in [-0.25, -0.2) is 0 Å². The SMILES string of the molecule is Cc1ccc([C@@H](C)Nc2cc(C3=CCN(C(=O)[C@H]4CCCN4)CC3)cn(C)c2=O)c(Cl)c1. The van der Waals surface area contributed by atoms with Crippen molar-refractivity contribution in [1.82, 2.24) is 14.8 Å². The topological polar surface area (TPSA) is 66.4 Å². The van der Waals surface area contributed by atoms with Crippen LogP contribution in [-0.4, -0.2) is 41.1 Å². The summed E-state index contributed by atoms with van der Waals surface area (Å²) in [4.78, 5) is 27.4. The van der Waals surface area contributed by atoms with Crippen LogP contribution in [0.5, 0.6) is 0 Å². The highest BCUT2D eigenvalue weighted by molar-refractivity contribution is 6.31. The number of anilines is 1. The monoisotopic (exact) mass is 454 g/mol. The lowest BCUT2D eigenvalue weighted by Crippen LogP contribution is -2.45. The van der Waals surface area contributed by atoms with Gasteiger partial charge < -0.3 is 20.1 Å². The van der Waals surface area contributed by atoms with Crippen molar-refractivity contribution in [3.05, 3.63) is 68.6 Å². The number of nitrogens with zero attached hydrogens (tertiary/aromatic N) is 2. The predicted molar refractivity (Wildman–Crippen MR) is 130 cm³/mol. The lowest BCUT2D eigenvalue weighted by molar-refractivity contribution is -0.132. The fourth-order valence-electron chi connectivity index (χ4n) is 4.53. The number of carbonyl (C=O) groups is 1. The van der Waals surface area contributed by atoms with Gasteiger partial charge >= 0.3 is 0 Å². The summed E-state index contributed by atoms with van der Waals surface area (Å²) >= 11 is 6.43. The van der Waals surface area contributed by atoms with E-state index in [2.05, 4.69) is 16.7 Å². The second kappa shape index (κ2) is 9.51. The van der Waals surface area contributed by atoms with Crippen LogP contribution in [0.2, 0.25) is 5.02 Å². The van der Waals surface area contributed by atoms with E-state index in [-0.39, 0.29) is 23.6 Å². The van der Waals surface area contributed by atoms with E-state index >= 15 is 0 Å². The van der Waals surface area contributed by atoms with Gasteiger partial charge in [0, 0.05) is 31.4 Å². The molecule has 7 heteroatoms. The molecule has 1 fully saturated rings. The molecule has 0 bridgehead atoms. The molecule has 1 amide bonds. The fourth-order valence-corrected chi connectivity index (χ4v) is 4.93. The standard InChI is InChI=1S/C25H31ClN4O2/c1-16-6-7-20(21(26)13-16)17(2)28-23-14-19(15-29(3)24(23)31)18-8-11-30(12-9-18)25(32)22-5-4-10-27-22/h6-8,13-15,17,22,27-28H,4-5,9-12H2,1-3H3/t17-,22-/m1/s1. The van der Waals surface area contributed by atoms with Crippen LogP contribution in [0.1, 0.15) is 48.9 Å². The summed E-state index contributed by atoms with van der Waals surface area (Å²) in [6, 6.07) is 7.73. The van der Waals surface area contributed by atoms with Gasteiger partial charge in [0.15, 0.2) is 0 Å². The Balaban J connectivity index is 1.52. The zero-order valence-corrected chi connectivity index (χ0v) is 19.7. The number of nitrogens with one attached hydrogen (secondary N) is 2. The summed E-state index contributed by atoms with van der Waals surface area (Å²) in [6.45, 7) is 6.23.